The van der Waals surface area contributed by atoms with Crippen LogP contribution in [0, 0.1) is 6.92 Å². The van der Waals surface area contributed by atoms with Crippen LogP contribution >= 0.6 is 0 Å². The normalized spacial score (nSPS) is 10.7. The standard InChI is InChI=1S/C12H16BNO2.C2H6/c1-9-5-6-10(8-13-9)11(4-3-7-15)12(16)14-2;1-2/h5-8,11H,3-4H2,1-2H3,(H,14,16);1-2H3. The monoisotopic (exact) mass is 247 g/mol. The molecule has 0 saturated carbocycles. The Balaban J connectivity index is 0.00000137. The van der Waals surface area contributed by atoms with Crippen molar-refractivity contribution in [1.29, 1.82) is 0 Å². The Morgan fingerprint density at radius 2 is 2.11 bits per heavy atom. The van der Waals surface area contributed by atoms with Crippen molar-refractivity contribution >= 4 is 19.1 Å². The molecular formula is C14H22BNO2. The van der Waals surface area contributed by atoms with E-state index < -0.39 is 0 Å². The first-order valence-electron chi connectivity index (χ1n) is 6.41. The predicted molar refractivity (Wildman–Crippen MR) is 76.0 cm³/mol. The van der Waals surface area contributed by atoms with Gasteiger partial charge in [-0.25, -0.2) is 0 Å². The van der Waals surface area contributed by atoms with Crippen LogP contribution in [0.25, 0.3) is 0 Å². The number of amides is 1. The minimum absolute atomic E-state index is 0.0364. The fourth-order valence-electron chi connectivity index (χ4n) is 1.66. The molecule has 0 aliphatic rings. The second-order valence-electron chi connectivity index (χ2n) is 3.82. The number of likely N-dealkylation sites (N-methyl/N-ethyl adjacent to an activating group) is 1. The molecule has 0 fully saturated rings. The third kappa shape index (κ3) is 5.26. The van der Waals surface area contributed by atoms with E-state index in [0.717, 1.165) is 17.3 Å². The number of aryl methyl sites for hydroxylation is 1. The van der Waals surface area contributed by atoms with Crippen LogP contribution in [0.2, 0.25) is 0 Å². The molecule has 0 spiro atoms. The van der Waals surface area contributed by atoms with Gasteiger partial charge in [0, 0.05) is 0 Å². The maximum atomic E-state index is 11.7. The van der Waals surface area contributed by atoms with Gasteiger partial charge in [0.05, 0.1) is 0 Å². The van der Waals surface area contributed by atoms with Gasteiger partial charge >= 0.3 is 95.9 Å². The van der Waals surface area contributed by atoms with Crippen molar-refractivity contribution < 1.29 is 9.59 Å². The van der Waals surface area contributed by atoms with E-state index in [1.165, 1.54) is 0 Å². The first kappa shape index (κ1) is 16.6. The van der Waals surface area contributed by atoms with Crippen molar-refractivity contribution in [3.05, 3.63) is 29.1 Å². The van der Waals surface area contributed by atoms with E-state index in [2.05, 4.69) is 5.32 Å². The van der Waals surface area contributed by atoms with Crippen LogP contribution in [0.5, 0.6) is 0 Å². The van der Waals surface area contributed by atoms with Gasteiger partial charge in [0.2, 0.25) is 0 Å². The van der Waals surface area contributed by atoms with E-state index in [1.54, 1.807) is 7.05 Å². The topological polar surface area (TPSA) is 46.2 Å². The molecule has 1 aromatic heterocycles. The summed E-state index contributed by atoms with van der Waals surface area (Å²) in [5, 5.41) is 2.63. The van der Waals surface area contributed by atoms with Crippen LogP contribution < -0.4 is 5.32 Å². The van der Waals surface area contributed by atoms with Crippen molar-refractivity contribution in [2.45, 2.75) is 39.5 Å². The molecule has 1 unspecified atom stereocenters. The molecule has 1 aromatic rings. The molecule has 3 nitrogen and oxygen atoms in total. The molecule has 0 bridgehead atoms. The van der Waals surface area contributed by atoms with Crippen LogP contribution in [-0.2, 0) is 9.59 Å². The Morgan fingerprint density at radius 3 is 2.56 bits per heavy atom. The minimum atomic E-state index is -0.226. The van der Waals surface area contributed by atoms with E-state index in [-0.39, 0.29) is 11.8 Å². The molecule has 98 valence electrons. The zero-order chi connectivity index (χ0) is 14.0. The van der Waals surface area contributed by atoms with Gasteiger partial charge in [0.15, 0.2) is 0 Å². The van der Waals surface area contributed by atoms with Gasteiger partial charge in [0.1, 0.15) is 0 Å². The quantitative estimate of drug-likeness (QED) is 0.810. The molecule has 1 rings (SSSR count). The van der Waals surface area contributed by atoms with E-state index >= 15 is 0 Å². The number of carbonyl (C=O) groups is 2. The van der Waals surface area contributed by atoms with Crippen molar-refractivity contribution in [2.24, 2.45) is 0 Å². The van der Waals surface area contributed by atoms with Gasteiger partial charge in [0.25, 0.3) is 0 Å². The summed E-state index contributed by atoms with van der Waals surface area (Å²) in [4.78, 5) is 22.1. The molecule has 1 amide bonds. The van der Waals surface area contributed by atoms with Crippen LogP contribution in [0.1, 0.15) is 43.6 Å². The summed E-state index contributed by atoms with van der Waals surface area (Å²) in [5.41, 5.74) is 2.13. The van der Waals surface area contributed by atoms with Gasteiger partial charge in [-0.05, 0) is 0 Å². The van der Waals surface area contributed by atoms with Crippen molar-refractivity contribution in [1.82, 2.24) is 5.32 Å². The molecule has 1 atom stereocenters. The summed E-state index contributed by atoms with van der Waals surface area (Å²) < 4.78 is 0. The van der Waals surface area contributed by atoms with Crippen molar-refractivity contribution in [3.63, 3.8) is 0 Å². The molecule has 0 radical (unpaired) electrons. The summed E-state index contributed by atoms with van der Waals surface area (Å²) >= 11 is 0. The predicted octanol–water partition coefficient (Wildman–Crippen LogP) is 2.17. The fourth-order valence-corrected chi connectivity index (χ4v) is 1.66. The van der Waals surface area contributed by atoms with Crippen LogP contribution in [-0.4, -0.2) is 26.2 Å². The van der Waals surface area contributed by atoms with E-state index in [1.807, 2.05) is 45.8 Å². The summed E-state index contributed by atoms with van der Waals surface area (Å²) in [6.45, 7) is 7.98. The Labute approximate surface area is 110 Å². The Hall–Kier alpha value is -1.45. The Morgan fingerprint density at radius 1 is 1.44 bits per heavy atom. The molecule has 4 heteroatoms. The average Bonchev–Trinajstić information content (AvgIpc) is 2.43. The zero-order valence-electron chi connectivity index (χ0n) is 11.7. The van der Waals surface area contributed by atoms with Gasteiger partial charge in [-0.1, -0.05) is 13.8 Å². The first-order valence-corrected chi connectivity index (χ1v) is 6.41. The number of aldehydes is 1. The number of carbonyl (C=O) groups excluding carboxylic acids is 2. The third-order valence-corrected chi connectivity index (χ3v) is 2.62. The van der Waals surface area contributed by atoms with Crippen LogP contribution in [0.4, 0.5) is 0 Å². The molecule has 1 heterocycles. The molecule has 0 aromatic carbocycles. The zero-order valence-corrected chi connectivity index (χ0v) is 11.7. The summed E-state index contributed by atoms with van der Waals surface area (Å²) in [6, 6.07) is 3.92. The van der Waals surface area contributed by atoms with E-state index in [0.29, 0.717) is 12.8 Å². The number of rotatable bonds is 5. The molecular weight excluding hydrogens is 225 g/mol. The van der Waals surface area contributed by atoms with Crippen molar-refractivity contribution in [3.8, 4) is 0 Å². The Kier molecular flexibility index (Phi) is 8.80. The number of hydrogen-bond donors (Lipinski definition) is 1. The molecule has 18 heavy (non-hydrogen) atoms. The van der Waals surface area contributed by atoms with Gasteiger partial charge < -0.3 is 0 Å². The van der Waals surface area contributed by atoms with E-state index in [9.17, 15) is 9.59 Å². The molecule has 0 saturated heterocycles. The van der Waals surface area contributed by atoms with Gasteiger partial charge in [-0.3, -0.25) is 0 Å². The maximum absolute atomic E-state index is 11.7. The van der Waals surface area contributed by atoms with Crippen LogP contribution in [0.15, 0.2) is 18.1 Å². The van der Waals surface area contributed by atoms with Gasteiger partial charge in [-0.2, -0.15) is 0 Å². The number of nitrogens with one attached hydrogen (secondary N) is 1. The third-order valence-electron chi connectivity index (χ3n) is 2.62. The summed E-state index contributed by atoms with van der Waals surface area (Å²) in [5.74, 6) is 1.68. The second kappa shape index (κ2) is 9.57. The number of hydrogen-bond acceptors (Lipinski definition) is 2. The first-order chi connectivity index (χ1) is 8.69. The molecule has 1 N–H and O–H groups in total. The van der Waals surface area contributed by atoms with Crippen molar-refractivity contribution in [2.75, 3.05) is 7.05 Å². The summed E-state index contributed by atoms with van der Waals surface area (Å²) in [7, 11) is 1.62. The van der Waals surface area contributed by atoms with E-state index in [4.69, 9.17) is 0 Å². The van der Waals surface area contributed by atoms with Crippen LogP contribution in [0.3, 0.4) is 0 Å². The SMILES string of the molecule is CC.CNC(=O)C(CCC=O)c1cbc(C)cc1. The molecule has 0 aliphatic heterocycles. The molecule has 0 aliphatic carbocycles. The summed E-state index contributed by atoms with van der Waals surface area (Å²) in [6.07, 6.45) is 1.82. The average molecular weight is 247 g/mol. The van der Waals surface area contributed by atoms with Gasteiger partial charge in [-0.15, -0.1) is 0 Å². The fraction of sp³-hybridized carbons (Fsp3) is 0.500. The Bertz CT molecular complexity index is 363. The second-order valence-corrected chi connectivity index (χ2v) is 3.82.